The molecule has 0 fully saturated rings. The number of thioether (sulfide) groups is 1. The molecule has 0 saturated heterocycles. The van der Waals surface area contributed by atoms with Gasteiger partial charge in [-0.05, 0) is 37.3 Å². The van der Waals surface area contributed by atoms with Crippen LogP contribution in [0.4, 0.5) is 11.4 Å². The summed E-state index contributed by atoms with van der Waals surface area (Å²) in [7, 11) is -3.85. The molecule has 1 atom stereocenters. The number of rotatable bonds is 4. The summed E-state index contributed by atoms with van der Waals surface area (Å²) < 4.78 is 27.8. The maximum absolute atomic E-state index is 12.7. The summed E-state index contributed by atoms with van der Waals surface area (Å²) in [6.07, 6.45) is 0.373. The van der Waals surface area contributed by atoms with Crippen LogP contribution >= 0.6 is 11.8 Å². The molecule has 0 bridgehead atoms. The fourth-order valence-corrected chi connectivity index (χ4v) is 4.74. The zero-order chi connectivity index (χ0) is 18.9. The molecule has 2 N–H and O–H groups in total. The first-order chi connectivity index (χ1) is 12.2. The summed E-state index contributed by atoms with van der Waals surface area (Å²) in [5.74, 6) is -0.287. The molecular weight excluding hydrogens is 372 g/mol. The normalized spacial score (nSPS) is 17.0. The highest BCUT2D eigenvalue weighted by Gasteiger charge is 2.22. The van der Waals surface area contributed by atoms with E-state index in [9.17, 15) is 18.0 Å². The lowest BCUT2D eigenvalue weighted by Gasteiger charge is -2.12. The van der Waals surface area contributed by atoms with Crippen LogP contribution in [0.15, 0.2) is 52.3 Å². The predicted molar refractivity (Wildman–Crippen MR) is 102 cm³/mol. The van der Waals surface area contributed by atoms with Gasteiger partial charge in [-0.25, -0.2) is 8.42 Å². The van der Waals surface area contributed by atoms with Crippen molar-refractivity contribution in [3.05, 3.63) is 48.0 Å². The Kier molecular flexibility index (Phi) is 5.06. The zero-order valence-electron chi connectivity index (χ0n) is 14.3. The number of hydrogen-bond acceptors (Lipinski definition) is 5. The standard InChI is InChI=1S/C18H18N2O4S2/c1-11-8-18(22)19-16-10-15(6-7-17(16)25-11)26(23,24)20-14-5-3-4-13(9-14)12(2)21/h3-7,9-11,20H,8H2,1-2H3,(H,19,22). The van der Waals surface area contributed by atoms with E-state index in [0.717, 1.165) is 4.90 Å². The molecule has 3 rings (SSSR count). The topological polar surface area (TPSA) is 92.3 Å². The molecule has 1 aliphatic heterocycles. The fraction of sp³-hybridized carbons (Fsp3) is 0.222. The van der Waals surface area contributed by atoms with Crippen molar-refractivity contribution >= 4 is 44.9 Å². The average molecular weight is 390 g/mol. The number of fused-ring (bicyclic) bond motifs is 1. The van der Waals surface area contributed by atoms with Crippen LogP contribution in [0.5, 0.6) is 0 Å². The Morgan fingerprint density at radius 3 is 2.73 bits per heavy atom. The molecule has 26 heavy (non-hydrogen) atoms. The highest BCUT2D eigenvalue weighted by molar-refractivity contribution is 8.00. The van der Waals surface area contributed by atoms with Gasteiger partial charge in [0.15, 0.2) is 5.78 Å². The molecule has 8 heteroatoms. The minimum atomic E-state index is -3.85. The van der Waals surface area contributed by atoms with Crippen molar-refractivity contribution in [1.82, 2.24) is 0 Å². The molecule has 1 amide bonds. The van der Waals surface area contributed by atoms with Gasteiger partial charge in [-0.15, -0.1) is 11.8 Å². The number of benzene rings is 2. The highest BCUT2D eigenvalue weighted by Crippen LogP contribution is 2.36. The Labute approximate surface area is 156 Å². The smallest absolute Gasteiger partial charge is 0.261 e. The first-order valence-corrected chi connectivity index (χ1v) is 10.4. The van der Waals surface area contributed by atoms with Crippen molar-refractivity contribution in [3.8, 4) is 0 Å². The summed E-state index contributed by atoms with van der Waals surface area (Å²) in [5, 5.41) is 2.87. The third kappa shape index (κ3) is 4.08. The second-order valence-corrected chi connectivity index (χ2v) is 9.24. The van der Waals surface area contributed by atoms with Gasteiger partial charge in [0.2, 0.25) is 5.91 Å². The molecule has 0 aromatic heterocycles. The number of amides is 1. The van der Waals surface area contributed by atoms with Gasteiger partial charge in [-0.1, -0.05) is 19.1 Å². The Balaban J connectivity index is 1.92. The zero-order valence-corrected chi connectivity index (χ0v) is 15.9. The van der Waals surface area contributed by atoms with Gasteiger partial charge in [-0.3, -0.25) is 14.3 Å². The molecular formula is C18H18N2O4S2. The van der Waals surface area contributed by atoms with E-state index in [1.807, 2.05) is 6.92 Å². The van der Waals surface area contributed by atoms with Gasteiger partial charge in [0.1, 0.15) is 0 Å². The Bertz CT molecular complexity index is 986. The van der Waals surface area contributed by atoms with E-state index in [1.54, 1.807) is 24.3 Å². The van der Waals surface area contributed by atoms with Gasteiger partial charge in [0.05, 0.1) is 10.6 Å². The Hall–Kier alpha value is -2.32. The number of Topliss-reactive ketones (excluding diaryl/α,β-unsaturated/α-hetero) is 1. The number of nitrogens with one attached hydrogen (secondary N) is 2. The van der Waals surface area contributed by atoms with E-state index in [-0.39, 0.29) is 21.8 Å². The summed E-state index contributed by atoms with van der Waals surface area (Å²) in [6.45, 7) is 3.37. The summed E-state index contributed by atoms with van der Waals surface area (Å²) in [6, 6.07) is 11.0. The number of anilines is 2. The van der Waals surface area contributed by atoms with Crippen molar-refractivity contribution in [2.45, 2.75) is 35.3 Å². The number of sulfonamides is 1. The van der Waals surface area contributed by atoms with Crippen molar-refractivity contribution in [2.75, 3.05) is 10.0 Å². The molecule has 0 aliphatic carbocycles. The van der Waals surface area contributed by atoms with Crippen LogP contribution in [0.1, 0.15) is 30.6 Å². The molecule has 1 aliphatic rings. The molecule has 0 spiro atoms. The van der Waals surface area contributed by atoms with Crippen LogP contribution in [0.25, 0.3) is 0 Å². The quantitative estimate of drug-likeness (QED) is 0.780. The van der Waals surface area contributed by atoms with E-state index < -0.39 is 10.0 Å². The molecule has 0 radical (unpaired) electrons. The third-order valence-electron chi connectivity index (χ3n) is 3.86. The Morgan fingerprint density at radius 1 is 1.23 bits per heavy atom. The van der Waals surface area contributed by atoms with Gasteiger partial charge < -0.3 is 5.32 Å². The van der Waals surface area contributed by atoms with E-state index in [2.05, 4.69) is 10.0 Å². The molecule has 1 unspecified atom stereocenters. The maximum Gasteiger partial charge on any atom is 0.261 e. The first-order valence-electron chi connectivity index (χ1n) is 7.99. The van der Waals surface area contributed by atoms with E-state index >= 15 is 0 Å². The lowest BCUT2D eigenvalue weighted by atomic mass is 10.1. The largest absolute Gasteiger partial charge is 0.325 e. The molecule has 0 saturated carbocycles. The van der Waals surface area contributed by atoms with Gasteiger partial charge in [0, 0.05) is 27.8 Å². The van der Waals surface area contributed by atoms with Gasteiger partial charge in [0.25, 0.3) is 10.0 Å². The van der Waals surface area contributed by atoms with Crippen LogP contribution < -0.4 is 10.0 Å². The highest BCUT2D eigenvalue weighted by atomic mass is 32.2. The SMILES string of the molecule is CC(=O)c1cccc(NS(=O)(=O)c2ccc3c(c2)NC(=O)CC(C)S3)c1. The van der Waals surface area contributed by atoms with Crippen molar-refractivity contribution < 1.29 is 18.0 Å². The molecule has 2 aromatic rings. The predicted octanol–water partition coefficient (Wildman–Crippen LogP) is 3.51. The molecule has 1 heterocycles. The minimum absolute atomic E-state index is 0.0416. The number of ketones is 1. The number of hydrogen-bond donors (Lipinski definition) is 2. The van der Waals surface area contributed by atoms with E-state index in [1.165, 1.54) is 36.9 Å². The van der Waals surface area contributed by atoms with Crippen molar-refractivity contribution in [1.29, 1.82) is 0 Å². The summed E-state index contributed by atoms with van der Waals surface area (Å²) in [4.78, 5) is 24.2. The van der Waals surface area contributed by atoms with Crippen LogP contribution in [0, 0.1) is 0 Å². The van der Waals surface area contributed by atoms with E-state index in [4.69, 9.17) is 0 Å². The first kappa shape index (κ1) is 18.5. The minimum Gasteiger partial charge on any atom is -0.325 e. The third-order valence-corrected chi connectivity index (χ3v) is 6.42. The van der Waals surface area contributed by atoms with Crippen LogP contribution in [-0.4, -0.2) is 25.4 Å². The number of carbonyl (C=O) groups excluding carboxylic acids is 2. The molecule has 2 aromatic carbocycles. The van der Waals surface area contributed by atoms with Crippen LogP contribution in [0.2, 0.25) is 0 Å². The lowest BCUT2D eigenvalue weighted by Crippen LogP contribution is -2.15. The second-order valence-electron chi connectivity index (χ2n) is 6.08. The fourth-order valence-electron chi connectivity index (χ4n) is 2.61. The van der Waals surface area contributed by atoms with E-state index in [0.29, 0.717) is 23.4 Å². The lowest BCUT2D eigenvalue weighted by molar-refractivity contribution is -0.116. The number of carbonyl (C=O) groups is 2. The average Bonchev–Trinajstić information content (AvgIpc) is 2.70. The Morgan fingerprint density at radius 2 is 2.00 bits per heavy atom. The van der Waals surface area contributed by atoms with Gasteiger partial charge in [-0.2, -0.15) is 0 Å². The van der Waals surface area contributed by atoms with Crippen LogP contribution in [-0.2, 0) is 14.8 Å². The van der Waals surface area contributed by atoms with Crippen molar-refractivity contribution in [2.24, 2.45) is 0 Å². The molecule has 136 valence electrons. The molecule has 6 nitrogen and oxygen atoms in total. The summed E-state index contributed by atoms with van der Waals surface area (Å²) in [5.41, 5.74) is 1.22. The monoisotopic (exact) mass is 390 g/mol. The van der Waals surface area contributed by atoms with Gasteiger partial charge >= 0.3 is 0 Å². The maximum atomic E-state index is 12.7. The van der Waals surface area contributed by atoms with Crippen LogP contribution in [0.3, 0.4) is 0 Å². The van der Waals surface area contributed by atoms with Crippen molar-refractivity contribution in [3.63, 3.8) is 0 Å². The second kappa shape index (κ2) is 7.13. The summed E-state index contributed by atoms with van der Waals surface area (Å²) >= 11 is 1.53.